The molecule has 0 aliphatic carbocycles. The van der Waals surface area contributed by atoms with Crippen LogP contribution >= 0.6 is 0 Å². The SMILES string of the molecule is CS(=O)(=O)N1CCCCc2cc3c(C(=O)NCC#N)c(-c4ccc(F)cc4)oc3cc21. The van der Waals surface area contributed by atoms with Crippen molar-refractivity contribution in [2.75, 3.05) is 23.7 Å². The molecule has 31 heavy (non-hydrogen) atoms. The molecule has 1 aliphatic heterocycles. The fourth-order valence-electron chi connectivity index (χ4n) is 3.88. The Morgan fingerprint density at radius 1 is 1.26 bits per heavy atom. The smallest absolute Gasteiger partial charge is 0.256 e. The minimum absolute atomic E-state index is 0.179. The van der Waals surface area contributed by atoms with Crippen LogP contribution in [-0.4, -0.2) is 33.7 Å². The fraction of sp³-hybridized carbons (Fsp3) is 0.273. The summed E-state index contributed by atoms with van der Waals surface area (Å²) < 4.78 is 45.5. The number of carbonyl (C=O) groups is 1. The van der Waals surface area contributed by atoms with Gasteiger partial charge < -0.3 is 9.73 Å². The van der Waals surface area contributed by atoms with Gasteiger partial charge >= 0.3 is 0 Å². The molecule has 0 atom stereocenters. The second-order valence-corrected chi connectivity index (χ2v) is 9.33. The van der Waals surface area contributed by atoms with Gasteiger partial charge in [0.05, 0.1) is 23.6 Å². The molecule has 1 N–H and O–H groups in total. The van der Waals surface area contributed by atoms with Crippen LogP contribution < -0.4 is 9.62 Å². The largest absolute Gasteiger partial charge is 0.455 e. The van der Waals surface area contributed by atoms with Gasteiger partial charge in [0.1, 0.15) is 23.7 Å². The number of sulfonamides is 1. The van der Waals surface area contributed by atoms with Gasteiger partial charge in [-0.15, -0.1) is 0 Å². The van der Waals surface area contributed by atoms with Crippen LogP contribution in [0.5, 0.6) is 0 Å². The predicted octanol–water partition coefficient (Wildman–Crippen LogP) is 3.59. The number of aryl methyl sites for hydroxylation is 1. The van der Waals surface area contributed by atoms with Crippen molar-refractivity contribution in [2.45, 2.75) is 19.3 Å². The zero-order valence-electron chi connectivity index (χ0n) is 16.8. The fourth-order valence-corrected chi connectivity index (χ4v) is 4.87. The zero-order chi connectivity index (χ0) is 22.2. The summed E-state index contributed by atoms with van der Waals surface area (Å²) in [7, 11) is -3.49. The van der Waals surface area contributed by atoms with E-state index >= 15 is 0 Å². The molecular formula is C22H20FN3O4S. The average Bonchev–Trinajstić information content (AvgIpc) is 2.95. The standard InChI is InChI=1S/C22H20FN3O4S/c1-31(28,29)26-11-3-2-4-15-12-17-19(13-18(15)26)30-21(14-5-7-16(23)8-6-14)20(17)22(27)25-10-9-24/h5-8,12-13H,2-4,10-11H2,1H3,(H,25,27). The van der Waals surface area contributed by atoms with Crippen molar-refractivity contribution < 1.29 is 22.0 Å². The van der Waals surface area contributed by atoms with Gasteiger partial charge in [0.25, 0.3) is 5.91 Å². The van der Waals surface area contributed by atoms with Crippen LogP contribution in [0.3, 0.4) is 0 Å². The molecule has 2 heterocycles. The monoisotopic (exact) mass is 441 g/mol. The number of rotatable bonds is 4. The number of nitrogens with zero attached hydrogens (tertiary/aromatic N) is 2. The number of amides is 1. The third-order valence-electron chi connectivity index (χ3n) is 5.28. The summed E-state index contributed by atoms with van der Waals surface area (Å²) in [6.45, 7) is 0.194. The van der Waals surface area contributed by atoms with Crippen LogP contribution in [0.15, 0.2) is 40.8 Å². The van der Waals surface area contributed by atoms with Gasteiger partial charge in [-0.1, -0.05) is 0 Å². The molecule has 0 unspecified atom stereocenters. The molecule has 0 bridgehead atoms. The molecule has 0 saturated carbocycles. The van der Waals surface area contributed by atoms with Gasteiger partial charge in [-0.05, 0) is 55.2 Å². The normalized spacial score (nSPS) is 14.0. The Kier molecular flexibility index (Phi) is 5.41. The Morgan fingerprint density at radius 2 is 2.00 bits per heavy atom. The number of nitriles is 1. The third-order valence-corrected chi connectivity index (χ3v) is 6.46. The first-order valence-electron chi connectivity index (χ1n) is 9.78. The molecule has 4 rings (SSSR count). The van der Waals surface area contributed by atoms with Gasteiger partial charge in [0.15, 0.2) is 0 Å². The van der Waals surface area contributed by atoms with E-state index in [-0.39, 0.29) is 17.9 Å². The summed E-state index contributed by atoms with van der Waals surface area (Å²) in [6, 6.07) is 10.8. The average molecular weight is 441 g/mol. The van der Waals surface area contributed by atoms with Crippen LogP contribution in [0.1, 0.15) is 28.8 Å². The summed E-state index contributed by atoms with van der Waals surface area (Å²) in [5.41, 5.74) is 2.41. The maximum absolute atomic E-state index is 13.4. The number of carbonyl (C=O) groups excluding carboxylic acids is 1. The van der Waals surface area contributed by atoms with E-state index in [9.17, 15) is 17.6 Å². The highest BCUT2D eigenvalue weighted by atomic mass is 32.2. The van der Waals surface area contributed by atoms with Crippen LogP contribution in [0.2, 0.25) is 0 Å². The first-order chi connectivity index (χ1) is 14.8. The van der Waals surface area contributed by atoms with Gasteiger partial charge in [-0.3, -0.25) is 9.10 Å². The second-order valence-electron chi connectivity index (χ2n) is 7.42. The Balaban J connectivity index is 1.97. The van der Waals surface area contributed by atoms with Crippen molar-refractivity contribution in [3.05, 3.63) is 53.3 Å². The number of anilines is 1. The zero-order valence-corrected chi connectivity index (χ0v) is 17.6. The lowest BCUT2D eigenvalue weighted by molar-refractivity contribution is 0.0960. The number of halogens is 1. The summed E-state index contributed by atoms with van der Waals surface area (Å²) >= 11 is 0. The maximum Gasteiger partial charge on any atom is 0.256 e. The van der Waals surface area contributed by atoms with Crippen LogP contribution in [0, 0.1) is 17.1 Å². The van der Waals surface area contributed by atoms with Crippen molar-refractivity contribution in [1.29, 1.82) is 5.26 Å². The molecule has 0 saturated heterocycles. The van der Waals surface area contributed by atoms with Crippen molar-refractivity contribution >= 4 is 32.6 Å². The van der Waals surface area contributed by atoms with Crippen LogP contribution in [-0.2, 0) is 16.4 Å². The lowest BCUT2D eigenvalue weighted by atomic mass is 10.0. The number of hydrogen-bond donors (Lipinski definition) is 1. The van der Waals surface area contributed by atoms with E-state index in [4.69, 9.17) is 9.68 Å². The van der Waals surface area contributed by atoms with E-state index in [0.717, 1.165) is 18.4 Å². The van der Waals surface area contributed by atoms with Gasteiger partial charge in [0, 0.05) is 23.6 Å². The van der Waals surface area contributed by atoms with Crippen LogP contribution in [0.4, 0.5) is 10.1 Å². The minimum Gasteiger partial charge on any atom is -0.455 e. The van der Waals surface area contributed by atoms with Crippen molar-refractivity contribution in [1.82, 2.24) is 5.32 Å². The van der Waals surface area contributed by atoms with E-state index in [0.29, 0.717) is 35.2 Å². The van der Waals surface area contributed by atoms with Crippen molar-refractivity contribution in [3.8, 4) is 17.4 Å². The Morgan fingerprint density at radius 3 is 2.68 bits per heavy atom. The molecule has 1 aliphatic rings. The predicted molar refractivity (Wildman–Crippen MR) is 115 cm³/mol. The van der Waals surface area contributed by atoms with Gasteiger partial charge in [-0.2, -0.15) is 5.26 Å². The van der Waals surface area contributed by atoms with E-state index < -0.39 is 21.7 Å². The van der Waals surface area contributed by atoms with E-state index in [1.54, 1.807) is 12.1 Å². The van der Waals surface area contributed by atoms with Crippen molar-refractivity contribution in [2.24, 2.45) is 0 Å². The Hall–Kier alpha value is -3.38. The topological polar surface area (TPSA) is 103 Å². The minimum atomic E-state index is -3.49. The Labute approximate surface area is 179 Å². The molecule has 0 radical (unpaired) electrons. The lowest BCUT2D eigenvalue weighted by Gasteiger charge is -2.22. The number of benzene rings is 2. The molecule has 1 aromatic heterocycles. The highest BCUT2D eigenvalue weighted by molar-refractivity contribution is 7.92. The third kappa shape index (κ3) is 3.99. The second kappa shape index (κ2) is 8.04. The summed E-state index contributed by atoms with van der Waals surface area (Å²) in [4.78, 5) is 12.9. The molecular weight excluding hydrogens is 421 g/mol. The molecule has 0 spiro atoms. The highest BCUT2D eigenvalue weighted by Gasteiger charge is 2.27. The number of nitrogens with one attached hydrogen (secondary N) is 1. The van der Waals surface area contributed by atoms with Crippen LogP contribution in [0.25, 0.3) is 22.3 Å². The molecule has 1 amide bonds. The summed E-state index contributed by atoms with van der Waals surface area (Å²) in [5.74, 6) is -0.685. The molecule has 7 nitrogen and oxygen atoms in total. The highest BCUT2D eigenvalue weighted by Crippen LogP contribution is 2.39. The summed E-state index contributed by atoms with van der Waals surface area (Å²) in [6.07, 6.45) is 3.36. The van der Waals surface area contributed by atoms with E-state index in [1.165, 1.54) is 34.8 Å². The molecule has 3 aromatic rings. The molecule has 2 aromatic carbocycles. The number of hydrogen-bond acceptors (Lipinski definition) is 5. The summed E-state index contributed by atoms with van der Waals surface area (Å²) in [5, 5.41) is 11.9. The number of fused-ring (bicyclic) bond motifs is 2. The molecule has 160 valence electrons. The Bertz CT molecular complexity index is 1310. The first kappa shape index (κ1) is 20.9. The maximum atomic E-state index is 13.4. The van der Waals surface area contributed by atoms with Gasteiger partial charge in [-0.25, -0.2) is 12.8 Å². The van der Waals surface area contributed by atoms with Crippen molar-refractivity contribution in [3.63, 3.8) is 0 Å². The molecule has 9 heteroatoms. The number of furan rings is 1. The first-order valence-corrected chi connectivity index (χ1v) is 11.6. The van der Waals surface area contributed by atoms with Gasteiger partial charge in [0.2, 0.25) is 10.0 Å². The van der Waals surface area contributed by atoms with E-state index in [1.807, 2.05) is 6.07 Å². The molecule has 0 fully saturated rings. The lowest BCUT2D eigenvalue weighted by Crippen LogP contribution is -2.30. The van der Waals surface area contributed by atoms with E-state index in [2.05, 4.69) is 5.32 Å². The quantitative estimate of drug-likeness (QED) is 0.623.